The summed E-state index contributed by atoms with van der Waals surface area (Å²) in [6, 6.07) is 17.8. The molecule has 0 saturated carbocycles. The molecule has 2 aromatic heterocycles. The van der Waals surface area contributed by atoms with Crippen molar-refractivity contribution in [3.05, 3.63) is 81.9 Å². The van der Waals surface area contributed by atoms with Gasteiger partial charge in [-0.2, -0.15) is 0 Å². The highest BCUT2D eigenvalue weighted by Crippen LogP contribution is 2.28. The van der Waals surface area contributed by atoms with Crippen molar-refractivity contribution >= 4 is 10.9 Å². The van der Waals surface area contributed by atoms with Gasteiger partial charge < -0.3 is 14.5 Å². The van der Waals surface area contributed by atoms with E-state index < -0.39 is 0 Å². The number of hydrogen-bond donors (Lipinski definition) is 1. The number of methoxy groups -OCH3 is 1. The van der Waals surface area contributed by atoms with E-state index in [9.17, 15) is 4.79 Å². The monoisotopic (exact) mass is 488 g/mol. The maximum absolute atomic E-state index is 13.1. The summed E-state index contributed by atoms with van der Waals surface area (Å²) in [4.78, 5) is 18.4. The fraction of sp³-hybridized carbons (Fsp3) is 0.407. The third-order valence-electron chi connectivity index (χ3n) is 6.82. The number of H-pyrrole nitrogens is 1. The summed E-state index contributed by atoms with van der Waals surface area (Å²) in [5.41, 5.74) is 2.53. The summed E-state index contributed by atoms with van der Waals surface area (Å²) in [6.07, 6.45) is 3.00. The van der Waals surface area contributed by atoms with Crippen LogP contribution in [0.2, 0.25) is 0 Å². The molecule has 2 aromatic carbocycles. The normalized spacial score (nSPS) is 16.6. The first kappa shape index (κ1) is 24.1. The minimum atomic E-state index is -0.0977. The van der Waals surface area contributed by atoms with Crippen LogP contribution < -0.4 is 10.3 Å². The van der Waals surface area contributed by atoms with Gasteiger partial charge in [-0.25, -0.2) is 4.68 Å². The van der Waals surface area contributed by atoms with Gasteiger partial charge >= 0.3 is 0 Å². The van der Waals surface area contributed by atoms with Crippen molar-refractivity contribution in [2.24, 2.45) is 0 Å². The molecule has 0 aliphatic carbocycles. The second kappa shape index (κ2) is 11.0. The van der Waals surface area contributed by atoms with E-state index in [2.05, 4.69) is 44.5 Å². The molecule has 2 atom stereocenters. The van der Waals surface area contributed by atoms with E-state index >= 15 is 0 Å². The van der Waals surface area contributed by atoms with Crippen LogP contribution in [0, 0.1) is 0 Å². The van der Waals surface area contributed by atoms with Crippen molar-refractivity contribution in [3.63, 3.8) is 0 Å². The lowest BCUT2D eigenvalue weighted by Gasteiger charge is -2.30. The average Bonchev–Trinajstić information content (AvgIpc) is 3.58. The van der Waals surface area contributed by atoms with Gasteiger partial charge in [0.05, 0.1) is 25.8 Å². The van der Waals surface area contributed by atoms with E-state index in [4.69, 9.17) is 9.47 Å². The number of aromatic nitrogens is 5. The van der Waals surface area contributed by atoms with Gasteiger partial charge in [0.15, 0.2) is 5.82 Å². The lowest BCUT2D eigenvalue weighted by atomic mass is 10.1. The van der Waals surface area contributed by atoms with Gasteiger partial charge in [0.2, 0.25) is 0 Å². The van der Waals surface area contributed by atoms with E-state index in [1.54, 1.807) is 7.11 Å². The van der Waals surface area contributed by atoms with Crippen LogP contribution in [0.5, 0.6) is 5.75 Å². The van der Waals surface area contributed by atoms with Gasteiger partial charge in [-0.05, 0) is 59.5 Å². The molecule has 9 nitrogen and oxygen atoms in total. The second-order valence-corrected chi connectivity index (χ2v) is 9.25. The minimum absolute atomic E-state index is 0.0815. The molecule has 0 unspecified atom stereocenters. The molecule has 1 N–H and O–H groups in total. The first-order valence-corrected chi connectivity index (χ1v) is 12.5. The third-order valence-corrected chi connectivity index (χ3v) is 6.82. The Labute approximate surface area is 210 Å². The molecule has 5 rings (SSSR count). The summed E-state index contributed by atoms with van der Waals surface area (Å²) in [6.45, 7) is 4.65. The molecule has 0 radical (unpaired) electrons. The molecule has 0 amide bonds. The van der Waals surface area contributed by atoms with Gasteiger partial charge in [-0.3, -0.25) is 9.69 Å². The average molecular weight is 489 g/mol. The molecule has 36 heavy (non-hydrogen) atoms. The van der Waals surface area contributed by atoms with Crippen LogP contribution in [0.1, 0.15) is 49.2 Å². The van der Waals surface area contributed by atoms with Crippen molar-refractivity contribution in [2.75, 3.05) is 13.7 Å². The number of nitrogens with zero attached hydrogens (tertiary/aromatic N) is 5. The van der Waals surface area contributed by atoms with Crippen LogP contribution in [0.15, 0.2) is 59.4 Å². The van der Waals surface area contributed by atoms with Crippen LogP contribution in [-0.4, -0.2) is 49.9 Å². The SMILES string of the molecule is CC[C@@H](c1nnnn1C[C@@H]1CCCO1)N(Cc1ccccc1)Cc1cc2cc(OC)ccc2[nH]c1=O. The molecule has 3 heterocycles. The fourth-order valence-electron chi connectivity index (χ4n) is 4.95. The predicted molar refractivity (Wildman–Crippen MR) is 137 cm³/mol. The number of tetrazole rings is 1. The molecule has 4 aromatic rings. The quantitative estimate of drug-likeness (QED) is 0.362. The molecular formula is C27H32N6O3. The number of nitrogens with one attached hydrogen (secondary N) is 1. The molecule has 1 fully saturated rings. The second-order valence-electron chi connectivity index (χ2n) is 9.25. The van der Waals surface area contributed by atoms with Crippen LogP contribution in [-0.2, 0) is 24.4 Å². The smallest absolute Gasteiger partial charge is 0.252 e. The lowest BCUT2D eigenvalue weighted by Crippen LogP contribution is -2.33. The summed E-state index contributed by atoms with van der Waals surface area (Å²) >= 11 is 0. The Kier molecular flexibility index (Phi) is 7.39. The zero-order valence-electron chi connectivity index (χ0n) is 20.8. The Morgan fingerprint density at radius 1 is 1.19 bits per heavy atom. The highest BCUT2D eigenvalue weighted by atomic mass is 16.5. The lowest BCUT2D eigenvalue weighted by molar-refractivity contribution is 0.0888. The summed E-state index contributed by atoms with van der Waals surface area (Å²) in [7, 11) is 1.64. The predicted octanol–water partition coefficient (Wildman–Crippen LogP) is 3.86. The van der Waals surface area contributed by atoms with Crippen LogP contribution in [0.4, 0.5) is 0 Å². The Bertz CT molecular complexity index is 1350. The topological polar surface area (TPSA) is 98.2 Å². The van der Waals surface area contributed by atoms with Gasteiger partial charge in [0.1, 0.15) is 5.75 Å². The molecule has 0 spiro atoms. The van der Waals surface area contributed by atoms with Crippen LogP contribution in [0.25, 0.3) is 10.9 Å². The molecule has 9 heteroatoms. The number of aromatic amines is 1. The van der Waals surface area contributed by atoms with Gasteiger partial charge in [-0.1, -0.05) is 37.3 Å². The molecular weight excluding hydrogens is 456 g/mol. The van der Waals surface area contributed by atoms with Crippen molar-refractivity contribution in [2.45, 2.75) is 58.0 Å². The van der Waals surface area contributed by atoms with Crippen molar-refractivity contribution < 1.29 is 9.47 Å². The first-order valence-electron chi connectivity index (χ1n) is 12.5. The summed E-state index contributed by atoms with van der Waals surface area (Å²) in [5, 5.41) is 13.7. The number of hydrogen-bond acceptors (Lipinski definition) is 7. The highest BCUT2D eigenvalue weighted by Gasteiger charge is 2.28. The Morgan fingerprint density at radius 2 is 2.06 bits per heavy atom. The third kappa shape index (κ3) is 5.32. The van der Waals surface area contributed by atoms with E-state index in [0.717, 1.165) is 53.9 Å². The summed E-state index contributed by atoms with van der Waals surface area (Å²) < 4.78 is 13.1. The van der Waals surface area contributed by atoms with Crippen molar-refractivity contribution in [1.29, 1.82) is 0 Å². The van der Waals surface area contributed by atoms with Crippen molar-refractivity contribution in [1.82, 2.24) is 30.1 Å². The first-order chi connectivity index (χ1) is 17.6. The number of benzene rings is 2. The maximum Gasteiger partial charge on any atom is 0.252 e. The Morgan fingerprint density at radius 3 is 2.81 bits per heavy atom. The number of pyridine rings is 1. The van der Waals surface area contributed by atoms with Gasteiger partial charge in [0.25, 0.3) is 5.56 Å². The fourth-order valence-corrected chi connectivity index (χ4v) is 4.95. The molecule has 1 saturated heterocycles. The number of ether oxygens (including phenoxy) is 2. The van der Waals surface area contributed by atoms with E-state index in [-0.39, 0.29) is 17.7 Å². The van der Waals surface area contributed by atoms with Gasteiger partial charge in [0, 0.05) is 36.2 Å². The number of rotatable bonds is 10. The Hall–Kier alpha value is -3.56. The van der Waals surface area contributed by atoms with E-state index in [1.807, 2.05) is 47.1 Å². The minimum Gasteiger partial charge on any atom is -0.497 e. The van der Waals surface area contributed by atoms with Gasteiger partial charge in [-0.15, -0.1) is 5.10 Å². The summed E-state index contributed by atoms with van der Waals surface area (Å²) in [5.74, 6) is 1.55. The largest absolute Gasteiger partial charge is 0.497 e. The zero-order chi connectivity index (χ0) is 24.9. The van der Waals surface area contributed by atoms with E-state index in [1.165, 1.54) is 0 Å². The molecule has 1 aliphatic heterocycles. The molecule has 1 aliphatic rings. The van der Waals surface area contributed by atoms with E-state index in [0.29, 0.717) is 25.2 Å². The van der Waals surface area contributed by atoms with Crippen molar-refractivity contribution in [3.8, 4) is 5.75 Å². The van der Waals surface area contributed by atoms with Crippen LogP contribution >= 0.6 is 0 Å². The number of fused-ring (bicyclic) bond motifs is 1. The van der Waals surface area contributed by atoms with Crippen LogP contribution in [0.3, 0.4) is 0 Å². The standard InChI is InChI=1S/C27H32N6O3/c1-3-25(26-29-30-31-33(26)18-23-10-7-13-36-23)32(16-19-8-5-4-6-9-19)17-21-14-20-15-22(35-2)11-12-24(20)28-27(21)34/h4-6,8-9,11-12,14-15,23,25H,3,7,10,13,16-18H2,1-2H3,(H,28,34)/t23-,25-/m0/s1. The molecule has 188 valence electrons. The molecule has 0 bridgehead atoms. The highest BCUT2D eigenvalue weighted by molar-refractivity contribution is 5.80. The zero-order valence-corrected chi connectivity index (χ0v) is 20.8. The Balaban J connectivity index is 1.50. The maximum atomic E-state index is 13.1.